The highest BCUT2D eigenvalue weighted by Crippen LogP contribution is 2.29. The van der Waals surface area contributed by atoms with E-state index in [-0.39, 0.29) is 17.9 Å². The lowest BCUT2D eigenvalue weighted by Gasteiger charge is -2.09. The molecular weight excluding hydrogens is 305 g/mol. The van der Waals surface area contributed by atoms with Crippen LogP contribution < -0.4 is 4.18 Å². The number of rotatable bonds is 4. The van der Waals surface area contributed by atoms with Crippen LogP contribution in [0.4, 0.5) is 13.2 Å². The first-order valence-electron chi connectivity index (χ1n) is 5.22. The zero-order valence-electron chi connectivity index (χ0n) is 10.7. The molecule has 1 heterocycles. The lowest BCUT2D eigenvalue weighted by Crippen LogP contribution is -2.29. The van der Waals surface area contributed by atoms with Crippen molar-refractivity contribution in [1.29, 1.82) is 0 Å². The van der Waals surface area contributed by atoms with Gasteiger partial charge < -0.3 is 8.92 Å². The van der Waals surface area contributed by atoms with Gasteiger partial charge >= 0.3 is 21.6 Å². The van der Waals surface area contributed by atoms with Gasteiger partial charge in [-0.3, -0.25) is 0 Å². The number of ether oxygens (including phenoxy) is 1. The molecule has 0 aliphatic rings. The number of carbonyl (C=O) groups is 1. The minimum Gasteiger partial charge on any atom is -0.461 e. The highest BCUT2D eigenvalue weighted by Gasteiger charge is 2.49. The molecule has 0 unspecified atom stereocenters. The van der Waals surface area contributed by atoms with Crippen LogP contribution in [0.5, 0.6) is 5.88 Å². The summed E-state index contributed by atoms with van der Waals surface area (Å²) in [5.74, 6) is -1.59. The number of nitrogens with zero attached hydrogens (tertiary/aromatic N) is 2. The van der Waals surface area contributed by atoms with E-state index in [1.165, 1.54) is 13.8 Å². The first kappa shape index (κ1) is 16.3. The fourth-order valence-electron chi connectivity index (χ4n) is 1.28. The lowest BCUT2D eigenvalue weighted by molar-refractivity contribution is -0.0502. The Morgan fingerprint density at radius 2 is 1.95 bits per heavy atom. The molecule has 0 spiro atoms. The standard InChI is InChI=1S/C9H11F3N2O5S/c1-4-18-8(15)6-5(2)7(14(3)13-6)19-20(16,17)9(10,11)12/h4H2,1-3H3. The average Bonchev–Trinajstić information content (AvgIpc) is 2.55. The Morgan fingerprint density at radius 3 is 2.40 bits per heavy atom. The number of halogens is 3. The summed E-state index contributed by atoms with van der Waals surface area (Å²) in [5.41, 5.74) is -6.06. The van der Waals surface area contributed by atoms with Crippen LogP contribution in [0, 0.1) is 6.92 Å². The minimum absolute atomic E-state index is 0.0336. The summed E-state index contributed by atoms with van der Waals surface area (Å²) in [7, 11) is -4.70. The number of hydrogen-bond acceptors (Lipinski definition) is 6. The summed E-state index contributed by atoms with van der Waals surface area (Å²) in [4.78, 5) is 11.5. The maximum Gasteiger partial charge on any atom is 0.534 e. The van der Waals surface area contributed by atoms with Crippen molar-refractivity contribution in [2.24, 2.45) is 7.05 Å². The van der Waals surface area contributed by atoms with Crippen LogP contribution in [0.3, 0.4) is 0 Å². The van der Waals surface area contributed by atoms with Crippen LogP contribution in [0.2, 0.25) is 0 Å². The number of aromatic nitrogens is 2. The topological polar surface area (TPSA) is 87.5 Å². The Kier molecular flexibility index (Phi) is 4.32. The summed E-state index contributed by atoms with van der Waals surface area (Å²) < 4.78 is 67.9. The van der Waals surface area contributed by atoms with E-state index in [1.54, 1.807) is 0 Å². The van der Waals surface area contributed by atoms with Crippen molar-refractivity contribution in [2.75, 3.05) is 6.61 Å². The fourth-order valence-corrected chi connectivity index (χ4v) is 1.81. The molecular formula is C9H11F3N2O5S. The van der Waals surface area contributed by atoms with Crippen molar-refractivity contribution in [3.63, 3.8) is 0 Å². The number of aryl methyl sites for hydroxylation is 1. The number of carbonyl (C=O) groups excluding carboxylic acids is 1. The predicted octanol–water partition coefficient (Wildman–Crippen LogP) is 1.13. The monoisotopic (exact) mass is 316 g/mol. The second-order valence-corrected chi connectivity index (χ2v) is 5.14. The Bertz CT molecular complexity index is 620. The molecule has 1 rings (SSSR count). The van der Waals surface area contributed by atoms with Crippen molar-refractivity contribution in [3.8, 4) is 5.88 Å². The molecule has 11 heteroatoms. The molecule has 0 saturated carbocycles. The normalized spacial score (nSPS) is 12.3. The second kappa shape index (κ2) is 5.31. The fraction of sp³-hybridized carbons (Fsp3) is 0.556. The molecule has 0 aliphatic carbocycles. The maximum absolute atomic E-state index is 12.2. The molecule has 0 aromatic carbocycles. The Labute approximate surface area is 112 Å². The van der Waals surface area contributed by atoms with Gasteiger partial charge in [0.25, 0.3) is 0 Å². The van der Waals surface area contributed by atoms with Crippen molar-refractivity contribution < 1.29 is 35.3 Å². The molecule has 7 nitrogen and oxygen atoms in total. The Morgan fingerprint density at radius 1 is 1.40 bits per heavy atom. The van der Waals surface area contributed by atoms with Gasteiger partial charge in [-0.15, -0.1) is 0 Å². The van der Waals surface area contributed by atoms with Crippen molar-refractivity contribution in [2.45, 2.75) is 19.4 Å². The van der Waals surface area contributed by atoms with Crippen LogP contribution in [-0.2, 0) is 21.9 Å². The Hall–Kier alpha value is -1.78. The highest BCUT2D eigenvalue weighted by atomic mass is 32.2. The van der Waals surface area contributed by atoms with Crippen molar-refractivity contribution in [1.82, 2.24) is 9.78 Å². The largest absolute Gasteiger partial charge is 0.534 e. The summed E-state index contributed by atoms with van der Waals surface area (Å²) in [5, 5.41) is 3.58. The van der Waals surface area contributed by atoms with E-state index < -0.39 is 27.5 Å². The van der Waals surface area contributed by atoms with E-state index in [9.17, 15) is 26.4 Å². The molecule has 0 atom stereocenters. The van der Waals surface area contributed by atoms with Crippen LogP contribution in [0.25, 0.3) is 0 Å². The van der Waals surface area contributed by atoms with Gasteiger partial charge in [-0.05, 0) is 13.8 Å². The van der Waals surface area contributed by atoms with Crippen molar-refractivity contribution in [3.05, 3.63) is 11.3 Å². The first-order chi connectivity index (χ1) is 9.01. The van der Waals surface area contributed by atoms with Gasteiger partial charge in [0.15, 0.2) is 5.69 Å². The molecule has 0 radical (unpaired) electrons. The third-order valence-corrected chi connectivity index (χ3v) is 3.11. The lowest BCUT2D eigenvalue weighted by atomic mass is 10.3. The van der Waals surface area contributed by atoms with Gasteiger partial charge in [-0.25, -0.2) is 9.48 Å². The van der Waals surface area contributed by atoms with E-state index >= 15 is 0 Å². The molecule has 0 saturated heterocycles. The highest BCUT2D eigenvalue weighted by molar-refractivity contribution is 7.87. The predicted molar refractivity (Wildman–Crippen MR) is 59.5 cm³/mol. The number of esters is 1. The first-order valence-corrected chi connectivity index (χ1v) is 6.63. The summed E-state index contributed by atoms with van der Waals surface area (Å²) in [6, 6.07) is 0. The molecule has 114 valence electrons. The zero-order valence-corrected chi connectivity index (χ0v) is 11.5. The third-order valence-electron chi connectivity index (χ3n) is 2.16. The van der Waals surface area contributed by atoms with E-state index in [2.05, 4.69) is 14.0 Å². The molecule has 20 heavy (non-hydrogen) atoms. The van der Waals surface area contributed by atoms with Crippen molar-refractivity contribution >= 4 is 16.1 Å². The molecule has 1 aromatic rings. The van der Waals surface area contributed by atoms with Crippen LogP contribution in [-0.4, -0.2) is 36.3 Å². The average molecular weight is 316 g/mol. The summed E-state index contributed by atoms with van der Waals surface area (Å²) >= 11 is 0. The van der Waals surface area contributed by atoms with Crippen LogP contribution in [0.1, 0.15) is 23.0 Å². The van der Waals surface area contributed by atoms with E-state index in [4.69, 9.17) is 0 Å². The number of alkyl halides is 3. The van der Waals surface area contributed by atoms with Gasteiger partial charge in [-0.2, -0.15) is 26.7 Å². The smallest absolute Gasteiger partial charge is 0.461 e. The SMILES string of the molecule is CCOC(=O)c1nn(C)c(OS(=O)(=O)C(F)(F)F)c1C. The summed E-state index contributed by atoms with van der Waals surface area (Å²) in [6.07, 6.45) is 0. The molecule has 0 amide bonds. The molecule has 0 N–H and O–H groups in total. The van der Waals surface area contributed by atoms with Gasteiger partial charge in [0.05, 0.1) is 6.61 Å². The molecule has 0 bridgehead atoms. The van der Waals surface area contributed by atoms with Gasteiger partial charge in [-0.1, -0.05) is 0 Å². The van der Waals surface area contributed by atoms with Gasteiger partial charge in [0.2, 0.25) is 5.88 Å². The molecule has 0 fully saturated rings. The van der Waals surface area contributed by atoms with Crippen LogP contribution in [0.15, 0.2) is 0 Å². The quantitative estimate of drug-likeness (QED) is 0.470. The molecule has 0 aliphatic heterocycles. The van der Waals surface area contributed by atoms with E-state index in [0.29, 0.717) is 4.68 Å². The maximum atomic E-state index is 12.2. The zero-order chi connectivity index (χ0) is 15.7. The van der Waals surface area contributed by atoms with Gasteiger partial charge in [0, 0.05) is 12.6 Å². The number of hydrogen-bond donors (Lipinski definition) is 0. The second-order valence-electron chi connectivity index (χ2n) is 3.61. The summed E-state index contributed by atoms with van der Waals surface area (Å²) in [6.45, 7) is 2.76. The van der Waals surface area contributed by atoms with E-state index in [1.807, 2.05) is 0 Å². The Balaban J connectivity index is 3.20. The third kappa shape index (κ3) is 3.03. The molecule has 1 aromatic heterocycles. The minimum atomic E-state index is -5.83. The van der Waals surface area contributed by atoms with Gasteiger partial charge in [0.1, 0.15) is 0 Å². The van der Waals surface area contributed by atoms with Crippen LogP contribution >= 0.6 is 0 Å². The van der Waals surface area contributed by atoms with E-state index in [0.717, 1.165) is 7.05 Å².